The zero-order chi connectivity index (χ0) is 9.80. The molecule has 0 amide bonds. The molecule has 0 saturated carbocycles. The van der Waals surface area contributed by atoms with E-state index in [0.717, 1.165) is 32.5 Å². The van der Waals surface area contributed by atoms with E-state index in [9.17, 15) is 0 Å². The van der Waals surface area contributed by atoms with Gasteiger partial charge in [0.05, 0.1) is 23.4 Å². The lowest BCUT2D eigenvalue weighted by Gasteiger charge is -2.22. The molecule has 0 bridgehead atoms. The Bertz CT molecular complexity index is 281. The summed E-state index contributed by atoms with van der Waals surface area (Å²) in [6, 6.07) is 0. The minimum Gasteiger partial charge on any atom is -0.375 e. The number of aromatic nitrogens is 1. The first-order valence-electron chi connectivity index (χ1n) is 5.14. The van der Waals surface area contributed by atoms with Gasteiger partial charge in [-0.05, 0) is 6.42 Å². The number of rotatable bonds is 3. The maximum Gasteiger partial charge on any atom is 0.0925 e. The SMILES string of the molecule is CCc1nc(CC2CNCCO2)cs1. The molecule has 1 aromatic rings. The van der Waals surface area contributed by atoms with Crippen LogP contribution in [0.1, 0.15) is 17.6 Å². The molecule has 0 spiro atoms. The Morgan fingerprint density at radius 1 is 1.71 bits per heavy atom. The van der Waals surface area contributed by atoms with Crippen LogP contribution in [0.2, 0.25) is 0 Å². The largest absolute Gasteiger partial charge is 0.375 e. The number of aryl methyl sites for hydroxylation is 1. The normalized spacial score (nSPS) is 22.5. The second kappa shape index (κ2) is 4.87. The molecule has 1 aromatic heterocycles. The molecular formula is C10H16N2OS. The highest BCUT2D eigenvalue weighted by Gasteiger charge is 2.15. The Morgan fingerprint density at radius 2 is 2.64 bits per heavy atom. The van der Waals surface area contributed by atoms with Gasteiger partial charge in [-0.15, -0.1) is 11.3 Å². The Labute approximate surface area is 88.5 Å². The Hall–Kier alpha value is -0.450. The first kappa shape index (κ1) is 10.1. The van der Waals surface area contributed by atoms with Crippen LogP contribution in [0.4, 0.5) is 0 Å². The molecule has 2 heterocycles. The third-order valence-electron chi connectivity index (χ3n) is 2.34. The molecule has 2 rings (SSSR count). The molecular weight excluding hydrogens is 196 g/mol. The van der Waals surface area contributed by atoms with Crippen molar-refractivity contribution < 1.29 is 4.74 Å². The van der Waals surface area contributed by atoms with E-state index in [1.165, 1.54) is 10.7 Å². The molecule has 1 aliphatic rings. The third kappa shape index (κ3) is 2.53. The summed E-state index contributed by atoms with van der Waals surface area (Å²) in [5.41, 5.74) is 1.18. The van der Waals surface area contributed by atoms with Crippen molar-refractivity contribution in [2.45, 2.75) is 25.9 Å². The number of nitrogens with one attached hydrogen (secondary N) is 1. The van der Waals surface area contributed by atoms with Crippen molar-refractivity contribution in [1.29, 1.82) is 0 Å². The van der Waals surface area contributed by atoms with Crippen molar-refractivity contribution in [2.24, 2.45) is 0 Å². The average Bonchev–Trinajstić information content (AvgIpc) is 2.67. The van der Waals surface area contributed by atoms with Crippen molar-refractivity contribution >= 4 is 11.3 Å². The van der Waals surface area contributed by atoms with Crippen molar-refractivity contribution in [1.82, 2.24) is 10.3 Å². The molecule has 0 aliphatic carbocycles. The van der Waals surface area contributed by atoms with Gasteiger partial charge in [-0.2, -0.15) is 0 Å². The fourth-order valence-corrected chi connectivity index (χ4v) is 2.35. The van der Waals surface area contributed by atoms with Crippen LogP contribution in [-0.2, 0) is 17.6 Å². The van der Waals surface area contributed by atoms with E-state index in [1.807, 2.05) is 0 Å². The smallest absolute Gasteiger partial charge is 0.0925 e. The van der Waals surface area contributed by atoms with Gasteiger partial charge in [0, 0.05) is 24.9 Å². The third-order valence-corrected chi connectivity index (χ3v) is 3.38. The van der Waals surface area contributed by atoms with Crippen molar-refractivity contribution in [3.05, 3.63) is 16.1 Å². The predicted octanol–water partition coefficient (Wildman–Crippen LogP) is 1.24. The van der Waals surface area contributed by atoms with E-state index in [1.54, 1.807) is 11.3 Å². The summed E-state index contributed by atoms with van der Waals surface area (Å²) in [6.07, 6.45) is 2.30. The van der Waals surface area contributed by atoms with Crippen LogP contribution < -0.4 is 5.32 Å². The number of morpholine rings is 1. The molecule has 1 atom stereocenters. The van der Waals surface area contributed by atoms with Gasteiger partial charge in [0.1, 0.15) is 0 Å². The van der Waals surface area contributed by atoms with Crippen LogP contribution >= 0.6 is 11.3 Å². The van der Waals surface area contributed by atoms with Gasteiger partial charge in [0.15, 0.2) is 0 Å². The highest BCUT2D eigenvalue weighted by molar-refractivity contribution is 7.09. The van der Waals surface area contributed by atoms with E-state index in [0.29, 0.717) is 6.10 Å². The topological polar surface area (TPSA) is 34.2 Å². The number of hydrogen-bond donors (Lipinski definition) is 1. The molecule has 4 heteroatoms. The number of ether oxygens (including phenoxy) is 1. The lowest BCUT2D eigenvalue weighted by atomic mass is 10.2. The summed E-state index contributed by atoms with van der Waals surface area (Å²) in [5, 5.41) is 6.70. The molecule has 0 radical (unpaired) electrons. The monoisotopic (exact) mass is 212 g/mol. The Morgan fingerprint density at radius 3 is 3.29 bits per heavy atom. The molecule has 0 aromatic carbocycles. The minimum absolute atomic E-state index is 0.315. The molecule has 1 fully saturated rings. The fourth-order valence-electron chi connectivity index (χ4n) is 1.59. The molecule has 1 aliphatic heterocycles. The van der Waals surface area contributed by atoms with Gasteiger partial charge < -0.3 is 10.1 Å². The van der Waals surface area contributed by atoms with Gasteiger partial charge in [-0.3, -0.25) is 0 Å². The number of hydrogen-bond acceptors (Lipinski definition) is 4. The second-order valence-corrected chi connectivity index (χ2v) is 4.43. The summed E-state index contributed by atoms with van der Waals surface area (Å²) in [7, 11) is 0. The van der Waals surface area contributed by atoms with E-state index in [-0.39, 0.29) is 0 Å². The van der Waals surface area contributed by atoms with E-state index >= 15 is 0 Å². The van der Waals surface area contributed by atoms with Crippen LogP contribution in [0.3, 0.4) is 0 Å². The van der Waals surface area contributed by atoms with E-state index < -0.39 is 0 Å². The summed E-state index contributed by atoms with van der Waals surface area (Å²) >= 11 is 1.75. The summed E-state index contributed by atoms with van der Waals surface area (Å²) < 4.78 is 5.63. The van der Waals surface area contributed by atoms with Crippen LogP contribution in [-0.4, -0.2) is 30.8 Å². The highest BCUT2D eigenvalue weighted by Crippen LogP contribution is 2.13. The van der Waals surface area contributed by atoms with Gasteiger partial charge in [-0.25, -0.2) is 4.98 Å². The quantitative estimate of drug-likeness (QED) is 0.818. The first-order chi connectivity index (χ1) is 6.88. The van der Waals surface area contributed by atoms with Crippen molar-refractivity contribution in [3.8, 4) is 0 Å². The Balaban J connectivity index is 1.89. The first-order valence-corrected chi connectivity index (χ1v) is 6.02. The predicted molar refractivity (Wildman–Crippen MR) is 57.8 cm³/mol. The van der Waals surface area contributed by atoms with Crippen LogP contribution in [0.25, 0.3) is 0 Å². The molecule has 3 nitrogen and oxygen atoms in total. The second-order valence-electron chi connectivity index (χ2n) is 3.49. The van der Waals surface area contributed by atoms with E-state index in [4.69, 9.17) is 4.74 Å². The van der Waals surface area contributed by atoms with Crippen LogP contribution in [0.5, 0.6) is 0 Å². The Kier molecular flexibility index (Phi) is 3.50. The zero-order valence-electron chi connectivity index (χ0n) is 8.45. The maximum absolute atomic E-state index is 5.63. The van der Waals surface area contributed by atoms with Crippen molar-refractivity contribution in [2.75, 3.05) is 19.7 Å². The number of thiazole rings is 1. The lowest BCUT2D eigenvalue weighted by Crippen LogP contribution is -2.39. The van der Waals surface area contributed by atoms with Crippen molar-refractivity contribution in [3.63, 3.8) is 0 Å². The number of nitrogens with zero attached hydrogens (tertiary/aromatic N) is 1. The molecule has 14 heavy (non-hydrogen) atoms. The standard InChI is InChI=1S/C10H16N2OS/c1-2-10-12-8(7-14-10)5-9-6-11-3-4-13-9/h7,9,11H,2-6H2,1H3. The highest BCUT2D eigenvalue weighted by atomic mass is 32.1. The summed E-state index contributed by atoms with van der Waals surface area (Å²) in [4.78, 5) is 4.53. The zero-order valence-corrected chi connectivity index (χ0v) is 9.27. The minimum atomic E-state index is 0.315. The van der Waals surface area contributed by atoms with Gasteiger partial charge in [0.2, 0.25) is 0 Å². The molecule has 1 unspecified atom stereocenters. The van der Waals surface area contributed by atoms with E-state index in [2.05, 4.69) is 22.6 Å². The summed E-state index contributed by atoms with van der Waals surface area (Å²) in [5.74, 6) is 0. The van der Waals surface area contributed by atoms with Gasteiger partial charge in [0.25, 0.3) is 0 Å². The molecule has 1 N–H and O–H groups in total. The lowest BCUT2D eigenvalue weighted by molar-refractivity contribution is 0.0287. The van der Waals surface area contributed by atoms with Crippen LogP contribution in [0, 0.1) is 0 Å². The average molecular weight is 212 g/mol. The molecule has 1 saturated heterocycles. The van der Waals surface area contributed by atoms with Gasteiger partial charge >= 0.3 is 0 Å². The maximum atomic E-state index is 5.63. The summed E-state index contributed by atoms with van der Waals surface area (Å²) in [6.45, 7) is 4.91. The fraction of sp³-hybridized carbons (Fsp3) is 0.700. The molecule has 78 valence electrons. The van der Waals surface area contributed by atoms with Crippen LogP contribution in [0.15, 0.2) is 5.38 Å². The van der Waals surface area contributed by atoms with Gasteiger partial charge in [-0.1, -0.05) is 6.92 Å².